The molecule has 2 unspecified atom stereocenters. The van der Waals surface area contributed by atoms with Crippen LogP contribution in [-0.4, -0.2) is 49.7 Å². The van der Waals surface area contributed by atoms with Crippen LogP contribution >= 0.6 is 0 Å². The number of carbonyl (C=O) groups excluding carboxylic acids is 2. The molecular formula is C11H21N3O3. The summed E-state index contributed by atoms with van der Waals surface area (Å²) >= 11 is 0. The van der Waals surface area contributed by atoms with Gasteiger partial charge in [-0.05, 0) is 32.2 Å². The maximum atomic E-state index is 11.5. The minimum absolute atomic E-state index is 0.140. The number of alkyl carbamates (subject to hydrolysis) is 1. The van der Waals surface area contributed by atoms with Crippen LogP contribution in [0.3, 0.4) is 0 Å². The van der Waals surface area contributed by atoms with E-state index in [1.807, 2.05) is 11.8 Å². The van der Waals surface area contributed by atoms with Crippen molar-refractivity contribution in [3.63, 3.8) is 0 Å². The van der Waals surface area contributed by atoms with E-state index in [-0.39, 0.29) is 18.5 Å². The van der Waals surface area contributed by atoms with Gasteiger partial charge < -0.3 is 10.5 Å². The number of methoxy groups -OCH3 is 1. The molecule has 0 spiro atoms. The molecule has 1 fully saturated rings. The molecule has 17 heavy (non-hydrogen) atoms. The van der Waals surface area contributed by atoms with E-state index in [9.17, 15) is 9.59 Å². The highest BCUT2D eigenvalue weighted by atomic mass is 16.5. The summed E-state index contributed by atoms with van der Waals surface area (Å²) in [5.41, 5.74) is 5.86. The van der Waals surface area contributed by atoms with Gasteiger partial charge >= 0.3 is 6.09 Å². The lowest BCUT2D eigenvalue weighted by molar-refractivity contribution is -0.122. The van der Waals surface area contributed by atoms with E-state index >= 15 is 0 Å². The van der Waals surface area contributed by atoms with E-state index in [0.717, 1.165) is 25.9 Å². The summed E-state index contributed by atoms with van der Waals surface area (Å²) in [5, 5.41) is 2.15. The molecule has 1 saturated heterocycles. The van der Waals surface area contributed by atoms with Crippen molar-refractivity contribution in [2.45, 2.75) is 25.8 Å². The smallest absolute Gasteiger partial charge is 0.413 e. The molecule has 2 atom stereocenters. The van der Waals surface area contributed by atoms with Crippen LogP contribution in [0.4, 0.5) is 4.79 Å². The highest BCUT2D eigenvalue weighted by Crippen LogP contribution is 2.18. The molecule has 0 aromatic heterocycles. The van der Waals surface area contributed by atoms with Gasteiger partial charge in [0.25, 0.3) is 0 Å². The molecule has 98 valence electrons. The topological polar surface area (TPSA) is 84.7 Å². The van der Waals surface area contributed by atoms with Gasteiger partial charge in [-0.3, -0.25) is 15.0 Å². The normalized spacial score (nSPS) is 22.9. The predicted octanol–water partition coefficient (Wildman–Crippen LogP) is -0.0718. The minimum Gasteiger partial charge on any atom is -0.453 e. The zero-order valence-corrected chi connectivity index (χ0v) is 10.4. The van der Waals surface area contributed by atoms with E-state index in [1.54, 1.807) is 0 Å². The number of piperidine rings is 1. The van der Waals surface area contributed by atoms with Gasteiger partial charge in [0.05, 0.1) is 13.7 Å². The maximum Gasteiger partial charge on any atom is 0.413 e. The number of nitrogens with one attached hydrogen (secondary N) is 1. The predicted molar refractivity (Wildman–Crippen MR) is 63.4 cm³/mol. The Labute approximate surface area is 101 Å². The summed E-state index contributed by atoms with van der Waals surface area (Å²) in [7, 11) is 1.23. The first kappa shape index (κ1) is 13.9. The number of nitrogens with zero attached hydrogens (tertiary/aromatic N) is 1. The highest BCUT2D eigenvalue weighted by molar-refractivity contribution is 5.92. The average Bonchev–Trinajstić information content (AvgIpc) is 2.28. The second-order valence-electron chi connectivity index (χ2n) is 4.54. The van der Waals surface area contributed by atoms with E-state index < -0.39 is 6.09 Å². The minimum atomic E-state index is -0.712. The standard InChI is InChI=1S/C11H21N3O3/c1-8(12)9-4-3-5-14(6-9)7-10(15)13-11(16)17-2/h8-9H,3-7,12H2,1-2H3,(H,13,15,16). The molecule has 1 aliphatic heterocycles. The molecular weight excluding hydrogens is 222 g/mol. The van der Waals surface area contributed by atoms with Gasteiger partial charge in [0.2, 0.25) is 5.91 Å². The maximum absolute atomic E-state index is 11.5. The lowest BCUT2D eigenvalue weighted by Gasteiger charge is -2.33. The lowest BCUT2D eigenvalue weighted by atomic mass is 9.92. The van der Waals surface area contributed by atoms with Gasteiger partial charge in [-0.25, -0.2) is 4.79 Å². The fourth-order valence-electron chi connectivity index (χ4n) is 2.07. The van der Waals surface area contributed by atoms with Crippen molar-refractivity contribution in [1.29, 1.82) is 0 Å². The van der Waals surface area contributed by atoms with Crippen LogP contribution in [0.2, 0.25) is 0 Å². The Balaban J connectivity index is 2.35. The summed E-state index contributed by atoms with van der Waals surface area (Å²) < 4.78 is 4.36. The lowest BCUT2D eigenvalue weighted by Crippen LogP contribution is -2.47. The molecule has 0 aromatic carbocycles. The Hall–Kier alpha value is -1.14. The van der Waals surface area contributed by atoms with Crippen LogP contribution in [0.25, 0.3) is 0 Å². The van der Waals surface area contributed by atoms with Crippen LogP contribution in [0.15, 0.2) is 0 Å². The van der Waals surface area contributed by atoms with E-state index in [4.69, 9.17) is 5.73 Å². The van der Waals surface area contributed by atoms with Crippen molar-refractivity contribution < 1.29 is 14.3 Å². The molecule has 0 aromatic rings. The molecule has 2 amide bonds. The first-order valence-electron chi connectivity index (χ1n) is 5.88. The van der Waals surface area contributed by atoms with Gasteiger partial charge in [0.1, 0.15) is 0 Å². The molecule has 0 bridgehead atoms. The number of hydrogen-bond acceptors (Lipinski definition) is 5. The van der Waals surface area contributed by atoms with E-state index in [2.05, 4.69) is 10.1 Å². The molecule has 6 nitrogen and oxygen atoms in total. The summed E-state index contributed by atoms with van der Waals surface area (Å²) in [6, 6.07) is 0.140. The van der Waals surface area contributed by atoms with Crippen molar-refractivity contribution >= 4 is 12.0 Å². The first-order chi connectivity index (χ1) is 8.02. The highest BCUT2D eigenvalue weighted by Gasteiger charge is 2.24. The van der Waals surface area contributed by atoms with Crippen LogP contribution in [0.5, 0.6) is 0 Å². The van der Waals surface area contributed by atoms with E-state index in [0.29, 0.717) is 5.92 Å². The van der Waals surface area contributed by atoms with Gasteiger partial charge in [0, 0.05) is 12.6 Å². The zero-order chi connectivity index (χ0) is 12.8. The molecule has 1 aliphatic rings. The molecule has 6 heteroatoms. The molecule has 0 aliphatic carbocycles. The third-order valence-electron chi connectivity index (χ3n) is 3.08. The summed E-state index contributed by atoms with van der Waals surface area (Å²) in [6.07, 6.45) is 1.43. The Bertz CT molecular complexity index is 281. The number of carbonyl (C=O) groups is 2. The third kappa shape index (κ3) is 4.70. The largest absolute Gasteiger partial charge is 0.453 e. The third-order valence-corrected chi connectivity index (χ3v) is 3.08. The number of imide groups is 1. The second-order valence-corrected chi connectivity index (χ2v) is 4.54. The average molecular weight is 243 g/mol. The quantitative estimate of drug-likeness (QED) is 0.724. The van der Waals surface area contributed by atoms with Gasteiger partial charge in [-0.2, -0.15) is 0 Å². The van der Waals surface area contributed by atoms with Crippen molar-refractivity contribution in [2.24, 2.45) is 11.7 Å². The molecule has 1 rings (SSSR count). The summed E-state index contributed by atoms with van der Waals surface area (Å²) in [4.78, 5) is 24.3. The van der Waals surface area contributed by atoms with Crippen LogP contribution in [0, 0.1) is 5.92 Å². The molecule has 1 heterocycles. The van der Waals surface area contributed by atoms with Crippen molar-refractivity contribution in [3.8, 4) is 0 Å². The molecule has 3 N–H and O–H groups in total. The number of amides is 2. The Morgan fingerprint density at radius 1 is 1.59 bits per heavy atom. The van der Waals surface area contributed by atoms with Crippen LogP contribution < -0.4 is 11.1 Å². The van der Waals surface area contributed by atoms with Crippen molar-refractivity contribution in [1.82, 2.24) is 10.2 Å². The Kier molecular flexibility index (Phi) is 5.37. The van der Waals surface area contributed by atoms with Crippen molar-refractivity contribution in [2.75, 3.05) is 26.7 Å². The number of ether oxygens (including phenoxy) is 1. The van der Waals surface area contributed by atoms with Crippen LogP contribution in [-0.2, 0) is 9.53 Å². The van der Waals surface area contributed by atoms with Gasteiger partial charge in [-0.1, -0.05) is 0 Å². The zero-order valence-electron chi connectivity index (χ0n) is 10.4. The van der Waals surface area contributed by atoms with Crippen LogP contribution in [0.1, 0.15) is 19.8 Å². The molecule has 0 radical (unpaired) electrons. The fraction of sp³-hybridized carbons (Fsp3) is 0.818. The Morgan fingerprint density at radius 3 is 2.88 bits per heavy atom. The summed E-state index contributed by atoms with van der Waals surface area (Å²) in [5.74, 6) is 0.0943. The fourth-order valence-corrected chi connectivity index (χ4v) is 2.07. The molecule has 0 saturated carbocycles. The number of hydrogen-bond donors (Lipinski definition) is 2. The second kappa shape index (κ2) is 6.56. The number of rotatable bonds is 3. The summed E-state index contributed by atoms with van der Waals surface area (Å²) in [6.45, 7) is 3.89. The van der Waals surface area contributed by atoms with Gasteiger partial charge in [0.15, 0.2) is 0 Å². The van der Waals surface area contributed by atoms with Gasteiger partial charge in [-0.15, -0.1) is 0 Å². The first-order valence-corrected chi connectivity index (χ1v) is 5.88. The number of nitrogens with two attached hydrogens (primary N) is 1. The SMILES string of the molecule is COC(=O)NC(=O)CN1CCCC(C(C)N)C1. The monoisotopic (exact) mass is 243 g/mol. The van der Waals surface area contributed by atoms with Crippen molar-refractivity contribution in [3.05, 3.63) is 0 Å². The Morgan fingerprint density at radius 2 is 2.29 bits per heavy atom. The van der Waals surface area contributed by atoms with E-state index in [1.165, 1.54) is 7.11 Å². The number of likely N-dealkylation sites (tertiary alicyclic amines) is 1.